The third-order valence-electron chi connectivity index (χ3n) is 1.74. The molecule has 0 aliphatic rings. The van der Waals surface area contributed by atoms with Crippen molar-refractivity contribution in [3.8, 4) is 0 Å². The number of H-pyrrole nitrogens is 1. The summed E-state index contributed by atoms with van der Waals surface area (Å²) in [6, 6.07) is 0. The van der Waals surface area contributed by atoms with E-state index in [1.54, 1.807) is 6.20 Å². The summed E-state index contributed by atoms with van der Waals surface area (Å²) in [5, 5.41) is 3.79. The molecule has 2 aromatic heterocycles. The van der Waals surface area contributed by atoms with E-state index in [1.165, 1.54) is 6.33 Å². The molecule has 6 heteroatoms. The molecule has 0 aromatic carbocycles. The molecular weight excluding hydrogens is 192 g/mol. The summed E-state index contributed by atoms with van der Waals surface area (Å²) in [4.78, 5) is 20.7. The third kappa shape index (κ3) is 1.27. The minimum Gasteiger partial charge on any atom is -0.346 e. The number of hydrogen-bond acceptors (Lipinski definition) is 4. The minimum atomic E-state index is 0.0765. The molecule has 0 aliphatic carbocycles. The number of hydrogen-bond donors (Lipinski definition) is 1. The van der Waals surface area contributed by atoms with Gasteiger partial charge in [-0.3, -0.25) is 0 Å². The van der Waals surface area contributed by atoms with Gasteiger partial charge in [0.05, 0.1) is 5.39 Å². The summed E-state index contributed by atoms with van der Waals surface area (Å²) in [6.07, 6.45) is 3.02. The second kappa shape index (κ2) is 3.10. The molecule has 0 atom stereocenters. The van der Waals surface area contributed by atoms with Gasteiger partial charge in [0.15, 0.2) is 0 Å². The van der Waals surface area contributed by atoms with Gasteiger partial charge < -0.3 is 4.98 Å². The molecule has 1 N–H and O–H groups in total. The lowest BCUT2D eigenvalue weighted by molar-refractivity contribution is 1.07. The Kier molecular flexibility index (Phi) is 1.94. The first kappa shape index (κ1) is 8.12. The molecule has 0 spiro atoms. The molecule has 2 heterocycles. The van der Waals surface area contributed by atoms with E-state index in [-0.39, 0.29) is 6.54 Å². The fraction of sp³-hybridized carbons (Fsp3) is 0.143. The van der Waals surface area contributed by atoms with Crippen molar-refractivity contribution >= 4 is 22.6 Å². The SMILES string of the molecule is O=NCc1c[nH]c2ncnc(Cl)c12. The number of nitrogens with one attached hydrogen (secondary N) is 1. The molecule has 0 aliphatic heterocycles. The molecule has 0 amide bonds. The zero-order valence-electron chi connectivity index (χ0n) is 6.49. The summed E-state index contributed by atoms with van der Waals surface area (Å²) < 4.78 is 0. The second-order valence-corrected chi connectivity index (χ2v) is 2.85. The van der Waals surface area contributed by atoms with Crippen LogP contribution in [0.1, 0.15) is 5.56 Å². The summed E-state index contributed by atoms with van der Waals surface area (Å²) in [6.45, 7) is 0.0765. The maximum atomic E-state index is 10.1. The Morgan fingerprint density at radius 2 is 2.38 bits per heavy atom. The molecule has 0 saturated heterocycles. The van der Waals surface area contributed by atoms with Gasteiger partial charge in [-0.15, -0.1) is 0 Å². The fourth-order valence-corrected chi connectivity index (χ4v) is 1.43. The highest BCUT2D eigenvalue weighted by Gasteiger charge is 2.08. The quantitative estimate of drug-likeness (QED) is 0.589. The Balaban J connectivity index is 2.70. The zero-order valence-corrected chi connectivity index (χ0v) is 7.25. The Morgan fingerprint density at radius 1 is 1.54 bits per heavy atom. The summed E-state index contributed by atoms with van der Waals surface area (Å²) >= 11 is 5.82. The van der Waals surface area contributed by atoms with E-state index in [9.17, 15) is 4.91 Å². The molecular formula is C7H5ClN4O. The van der Waals surface area contributed by atoms with Crippen molar-refractivity contribution in [3.63, 3.8) is 0 Å². The maximum Gasteiger partial charge on any atom is 0.142 e. The molecule has 66 valence electrons. The summed E-state index contributed by atoms with van der Waals surface area (Å²) in [7, 11) is 0. The number of nitrogens with zero attached hydrogens (tertiary/aromatic N) is 3. The van der Waals surface area contributed by atoms with Crippen LogP contribution in [0, 0.1) is 4.91 Å². The van der Waals surface area contributed by atoms with Crippen molar-refractivity contribution < 1.29 is 0 Å². The van der Waals surface area contributed by atoms with Crippen molar-refractivity contribution in [2.75, 3.05) is 0 Å². The van der Waals surface area contributed by atoms with Gasteiger partial charge in [0.2, 0.25) is 0 Å². The molecule has 0 radical (unpaired) electrons. The lowest BCUT2D eigenvalue weighted by Crippen LogP contribution is -1.83. The van der Waals surface area contributed by atoms with Gasteiger partial charge in [-0.1, -0.05) is 16.8 Å². The average molecular weight is 197 g/mol. The van der Waals surface area contributed by atoms with E-state index < -0.39 is 0 Å². The minimum absolute atomic E-state index is 0.0765. The topological polar surface area (TPSA) is 71.0 Å². The number of aromatic nitrogens is 3. The predicted octanol–water partition coefficient (Wildman–Crippen LogP) is 1.88. The van der Waals surface area contributed by atoms with Crippen molar-refractivity contribution in [2.24, 2.45) is 5.18 Å². The largest absolute Gasteiger partial charge is 0.346 e. The highest BCUT2D eigenvalue weighted by molar-refractivity contribution is 6.34. The molecule has 2 rings (SSSR count). The molecule has 2 aromatic rings. The summed E-state index contributed by atoms with van der Waals surface area (Å²) in [5.74, 6) is 0. The molecule has 13 heavy (non-hydrogen) atoms. The summed E-state index contributed by atoms with van der Waals surface area (Å²) in [5.41, 5.74) is 1.34. The van der Waals surface area contributed by atoms with Crippen molar-refractivity contribution in [2.45, 2.75) is 6.54 Å². The van der Waals surface area contributed by atoms with Crippen LogP contribution in [0.5, 0.6) is 0 Å². The Labute approximate surface area is 78.1 Å². The van der Waals surface area contributed by atoms with Gasteiger partial charge in [0.1, 0.15) is 23.7 Å². The first-order chi connectivity index (χ1) is 6.33. The highest BCUT2D eigenvalue weighted by Crippen LogP contribution is 2.23. The zero-order chi connectivity index (χ0) is 9.26. The van der Waals surface area contributed by atoms with E-state index in [0.29, 0.717) is 16.2 Å². The van der Waals surface area contributed by atoms with Crippen LogP contribution in [0.15, 0.2) is 17.7 Å². The average Bonchev–Trinajstić information content (AvgIpc) is 2.51. The molecule has 0 bridgehead atoms. The van der Waals surface area contributed by atoms with Crippen molar-refractivity contribution in [1.82, 2.24) is 15.0 Å². The standard InChI is InChI=1S/C7H5ClN4O/c8-6-5-4(2-12-13)1-9-7(5)11-3-10-6/h1,3H,2H2,(H,9,10,11). The number of nitroso groups, excluding NO2 is 1. The number of rotatable bonds is 2. The van der Waals surface area contributed by atoms with Crippen molar-refractivity contribution in [1.29, 1.82) is 0 Å². The normalized spacial score (nSPS) is 10.5. The molecule has 0 saturated carbocycles. The van der Waals surface area contributed by atoms with Crippen molar-refractivity contribution in [3.05, 3.63) is 28.1 Å². The van der Waals surface area contributed by atoms with Crippen LogP contribution in [0.4, 0.5) is 0 Å². The van der Waals surface area contributed by atoms with Gasteiger partial charge in [-0.05, 0) is 0 Å². The Morgan fingerprint density at radius 3 is 3.15 bits per heavy atom. The maximum absolute atomic E-state index is 10.1. The van der Waals surface area contributed by atoms with Crippen LogP contribution in [-0.4, -0.2) is 15.0 Å². The van der Waals surface area contributed by atoms with Gasteiger partial charge in [-0.25, -0.2) is 9.97 Å². The number of halogens is 1. The number of aromatic amines is 1. The van der Waals surface area contributed by atoms with Crippen LogP contribution in [-0.2, 0) is 6.54 Å². The van der Waals surface area contributed by atoms with Crippen LogP contribution < -0.4 is 0 Å². The smallest absolute Gasteiger partial charge is 0.142 e. The van der Waals surface area contributed by atoms with E-state index in [1.807, 2.05) is 0 Å². The van der Waals surface area contributed by atoms with E-state index in [2.05, 4.69) is 20.1 Å². The second-order valence-electron chi connectivity index (χ2n) is 2.49. The molecule has 0 fully saturated rings. The number of fused-ring (bicyclic) bond motifs is 1. The predicted molar refractivity (Wildman–Crippen MR) is 48.4 cm³/mol. The van der Waals surface area contributed by atoms with E-state index in [4.69, 9.17) is 11.6 Å². The van der Waals surface area contributed by atoms with Crippen LogP contribution in [0.3, 0.4) is 0 Å². The van der Waals surface area contributed by atoms with Gasteiger partial charge >= 0.3 is 0 Å². The lowest BCUT2D eigenvalue weighted by atomic mass is 10.2. The Hall–Kier alpha value is -1.49. The third-order valence-corrected chi connectivity index (χ3v) is 2.03. The first-order valence-corrected chi connectivity index (χ1v) is 3.96. The highest BCUT2D eigenvalue weighted by atomic mass is 35.5. The van der Waals surface area contributed by atoms with E-state index in [0.717, 1.165) is 5.56 Å². The monoisotopic (exact) mass is 196 g/mol. The Bertz CT molecular complexity index is 453. The first-order valence-electron chi connectivity index (χ1n) is 3.58. The molecule has 0 unspecified atom stereocenters. The van der Waals surface area contributed by atoms with Crippen LogP contribution >= 0.6 is 11.6 Å². The van der Waals surface area contributed by atoms with Crippen LogP contribution in [0.25, 0.3) is 11.0 Å². The fourth-order valence-electron chi connectivity index (χ4n) is 1.18. The van der Waals surface area contributed by atoms with Gasteiger partial charge in [0, 0.05) is 11.8 Å². The lowest BCUT2D eigenvalue weighted by Gasteiger charge is -1.93. The van der Waals surface area contributed by atoms with E-state index >= 15 is 0 Å². The van der Waals surface area contributed by atoms with Gasteiger partial charge in [0.25, 0.3) is 0 Å². The van der Waals surface area contributed by atoms with Gasteiger partial charge in [-0.2, -0.15) is 4.91 Å². The van der Waals surface area contributed by atoms with Crippen LogP contribution in [0.2, 0.25) is 5.15 Å². The molecule has 5 nitrogen and oxygen atoms in total.